The minimum atomic E-state index is -0.309. The van der Waals surface area contributed by atoms with Gasteiger partial charge in [-0.3, -0.25) is 0 Å². The number of unbranched alkanes of at least 4 members (excludes halogenated alkanes) is 11. The monoisotopic (exact) mass is 803 g/mol. The van der Waals surface area contributed by atoms with Crippen molar-refractivity contribution in [1.82, 2.24) is 0 Å². The van der Waals surface area contributed by atoms with Gasteiger partial charge in [-0.15, -0.1) is 0 Å². The normalized spacial score (nSPS) is 10.7. The Bertz CT molecular complexity index is 994. The van der Waals surface area contributed by atoms with E-state index >= 15 is 0 Å². The zero-order chi connectivity index (χ0) is 30.2. The van der Waals surface area contributed by atoms with Crippen LogP contribution in [0.5, 0.6) is 0 Å². The topological polar surface area (TPSA) is 0 Å². The minimum Gasteiger partial charge on any atom is -0.343 e. The smallest absolute Gasteiger partial charge is 0.343 e. The molecular weight excluding hydrogens is 749 g/mol. The molecule has 0 aromatic heterocycles. The number of rotatable bonds is 19. The third-order valence-electron chi connectivity index (χ3n) is 7.78. The van der Waals surface area contributed by atoms with E-state index in [1.807, 2.05) is 0 Å². The van der Waals surface area contributed by atoms with Gasteiger partial charge in [-0.2, -0.15) is 12.8 Å². The maximum absolute atomic E-state index is 3.86. The van der Waals surface area contributed by atoms with Crippen molar-refractivity contribution in [3.8, 4) is 0 Å². The van der Waals surface area contributed by atoms with Crippen molar-refractivity contribution in [2.24, 2.45) is 0 Å². The molecule has 4 rings (SSSR count). The molecule has 0 unspecified atom stereocenters. The summed E-state index contributed by atoms with van der Waals surface area (Å²) in [4.78, 5) is 0. The van der Waals surface area contributed by atoms with Gasteiger partial charge in [0, 0.05) is 0 Å². The zero-order valence-corrected chi connectivity index (χ0v) is 30.8. The fourth-order valence-electron chi connectivity index (χ4n) is 5.40. The first-order chi connectivity index (χ1) is 21.3. The Hall–Kier alpha value is -1.57. The van der Waals surface area contributed by atoms with Crippen LogP contribution in [0.25, 0.3) is 0 Å². The van der Waals surface area contributed by atoms with Gasteiger partial charge in [0.2, 0.25) is 0 Å². The van der Waals surface area contributed by atoms with Gasteiger partial charge in [0.05, 0.1) is 0 Å². The van der Waals surface area contributed by atoms with E-state index in [0.717, 1.165) is 12.8 Å². The van der Waals surface area contributed by atoms with Crippen LogP contribution in [-0.2, 0) is 21.1 Å². The molecule has 0 N–H and O–H groups in total. The van der Waals surface area contributed by atoms with Crippen LogP contribution in [0, 0.1) is 13.8 Å². The Labute approximate surface area is 287 Å². The molecule has 44 heavy (non-hydrogen) atoms. The van der Waals surface area contributed by atoms with Crippen LogP contribution in [-0.4, -0.2) is 12.3 Å². The Kier molecular flexibility index (Phi) is 22.5. The quantitative estimate of drug-likeness (QED) is 0.0503. The summed E-state index contributed by atoms with van der Waals surface area (Å²) in [6.07, 6.45) is 20.0. The summed E-state index contributed by atoms with van der Waals surface area (Å²) in [5.41, 5.74) is 0. The van der Waals surface area contributed by atoms with Crippen molar-refractivity contribution in [2.45, 2.75) is 83.5 Å². The Morgan fingerprint density at radius 3 is 0.773 bits per heavy atom. The summed E-state index contributed by atoms with van der Waals surface area (Å²) >= 11 is 0. The second-order valence-electron chi connectivity index (χ2n) is 11.2. The fraction of sp³-hybridized carbons (Fsp3) is 0.366. The maximum atomic E-state index is 3.86. The third kappa shape index (κ3) is 15.6. The first-order valence-corrected chi connectivity index (χ1v) is 19.7. The van der Waals surface area contributed by atoms with E-state index < -0.39 is 0 Å². The molecule has 4 aromatic rings. The predicted octanol–water partition coefficient (Wildman–Crippen LogP) is 11.0. The summed E-state index contributed by atoms with van der Waals surface area (Å²) < 4.78 is 0. The fourth-order valence-corrected chi connectivity index (χ4v) is 10.4. The van der Waals surface area contributed by atoms with Gasteiger partial charge >= 0.3 is 21.1 Å². The van der Waals surface area contributed by atoms with E-state index in [1.54, 1.807) is 0 Å². The van der Waals surface area contributed by atoms with E-state index in [2.05, 4.69) is 135 Å². The van der Waals surface area contributed by atoms with E-state index in [-0.39, 0.29) is 36.9 Å². The van der Waals surface area contributed by atoms with Crippen molar-refractivity contribution in [2.75, 3.05) is 12.3 Å². The van der Waals surface area contributed by atoms with Crippen LogP contribution >= 0.6 is 15.8 Å². The molecule has 0 aliphatic heterocycles. The summed E-state index contributed by atoms with van der Waals surface area (Å²) in [6, 6.07) is 44.3. The number of hydrogen-bond donors (Lipinski definition) is 0. The van der Waals surface area contributed by atoms with Crippen LogP contribution < -0.4 is 21.2 Å². The molecule has 0 saturated heterocycles. The van der Waals surface area contributed by atoms with Crippen LogP contribution in [0.3, 0.4) is 0 Å². The van der Waals surface area contributed by atoms with Crippen molar-refractivity contribution in [3.05, 3.63) is 135 Å². The predicted molar refractivity (Wildman–Crippen MR) is 199 cm³/mol. The molecule has 0 aliphatic carbocycles. The average Bonchev–Trinajstić information content (AvgIpc) is 3.08. The molecule has 0 bridgehead atoms. The molecule has 3 heteroatoms. The van der Waals surface area contributed by atoms with E-state index in [4.69, 9.17) is 0 Å². The molecule has 0 spiro atoms. The van der Waals surface area contributed by atoms with Crippen molar-refractivity contribution < 1.29 is 21.1 Å². The molecule has 0 heterocycles. The Morgan fingerprint density at radius 1 is 0.318 bits per heavy atom. The maximum Gasteiger partial charge on any atom is 2.00 e. The molecule has 238 valence electrons. The molecule has 0 amide bonds. The standard InChI is InChI=1S/C27H26P2.C14H28.Pt/c1-5-14-24(15-6-1)28(25-16-7-2-8-17-25)22-13-23-29(26-18-9-3-10-19-26)27-20-11-4-12-21-27;1-3-5-7-9-11-13-14-12-10-8-6-4-2;/h1-12,14-21H,13,22-23H2;1-14H2;/q;-2;+2. The van der Waals surface area contributed by atoms with Crippen molar-refractivity contribution in [3.63, 3.8) is 0 Å². The van der Waals surface area contributed by atoms with E-state index in [0.29, 0.717) is 0 Å². The SMILES string of the molecule is [CH2-]CCCCCCCCCCCC[CH2-].[Pt+2].c1ccc(P(CCCP(c2ccccc2)c2ccccc2)c2ccccc2)cc1. The largest absolute Gasteiger partial charge is 2.00 e. The molecule has 0 aliphatic rings. The molecule has 4 aromatic carbocycles. The van der Waals surface area contributed by atoms with Crippen LogP contribution in [0.1, 0.15) is 83.5 Å². The van der Waals surface area contributed by atoms with Gasteiger partial charge in [-0.25, -0.2) is 0 Å². The van der Waals surface area contributed by atoms with Gasteiger partial charge in [0.1, 0.15) is 0 Å². The number of hydrogen-bond acceptors (Lipinski definition) is 0. The molecule has 0 radical (unpaired) electrons. The summed E-state index contributed by atoms with van der Waals surface area (Å²) in [7, 11) is -0.618. The average molecular weight is 804 g/mol. The second-order valence-corrected chi connectivity index (χ2v) is 15.9. The van der Waals surface area contributed by atoms with Gasteiger partial charge in [0.25, 0.3) is 0 Å². The first kappa shape index (κ1) is 38.6. The van der Waals surface area contributed by atoms with E-state index in [9.17, 15) is 0 Å². The molecular formula is C41H54P2Pt. The number of benzene rings is 4. The van der Waals surface area contributed by atoms with Gasteiger partial charge in [-0.1, -0.05) is 186 Å². The summed E-state index contributed by atoms with van der Waals surface area (Å²) in [5, 5.41) is 5.94. The minimum absolute atomic E-state index is 0. The Morgan fingerprint density at radius 2 is 0.545 bits per heavy atom. The van der Waals surface area contributed by atoms with Crippen LogP contribution in [0.2, 0.25) is 0 Å². The van der Waals surface area contributed by atoms with Gasteiger partial charge < -0.3 is 13.8 Å². The second kappa shape index (κ2) is 25.6. The van der Waals surface area contributed by atoms with Crippen LogP contribution in [0.4, 0.5) is 0 Å². The molecule has 0 atom stereocenters. The molecule has 0 fully saturated rings. The van der Waals surface area contributed by atoms with Crippen molar-refractivity contribution >= 4 is 37.1 Å². The van der Waals surface area contributed by atoms with Crippen molar-refractivity contribution in [1.29, 1.82) is 0 Å². The molecule has 0 nitrogen and oxygen atoms in total. The molecule has 0 saturated carbocycles. The zero-order valence-electron chi connectivity index (χ0n) is 26.8. The third-order valence-corrected chi connectivity index (χ3v) is 13.0. The summed E-state index contributed by atoms with van der Waals surface area (Å²) in [6.45, 7) is 7.71. The van der Waals surface area contributed by atoms with Crippen LogP contribution in [0.15, 0.2) is 121 Å². The van der Waals surface area contributed by atoms with E-state index in [1.165, 1.54) is 104 Å². The van der Waals surface area contributed by atoms with Gasteiger partial charge in [-0.05, 0) is 55.8 Å². The Balaban J connectivity index is 0.000000385. The summed E-state index contributed by atoms with van der Waals surface area (Å²) in [5.74, 6) is 0. The first-order valence-electron chi connectivity index (χ1n) is 16.7. The van der Waals surface area contributed by atoms with Gasteiger partial charge in [0.15, 0.2) is 0 Å².